The predicted molar refractivity (Wildman–Crippen MR) is 55.2 cm³/mol. The molecule has 0 aliphatic heterocycles. The molecule has 0 saturated heterocycles. The minimum atomic E-state index is 0.687. The number of nitrogens with zero attached hydrogens (tertiary/aromatic N) is 1. The normalized spacial score (nSPS) is 9.67. The number of hydrogen-bond acceptors (Lipinski definition) is 2. The van der Waals surface area contributed by atoms with Crippen LogP contribution in [-0.4, -0.2) is 0 Å². The molecule has 0 fully saturated rings. The van der Waals surface area contributed by atoms with E-state index < -0.39 is 0 Å². The Labute approximate surface area is 85.2 Å². The minimum Gasteiger partial charge on any atom is -0.198 e. The molecule has 0 spiro atoms. The van der Waals surface area contributed by atoms with E-state index in [4.69, 9.17) is 5.26 Å². The molecular weight excluding hydrogens is 234 g/mol. The third-order valence-electron chi connectivity index (χ3n) is 1.59. The SMILES string of the molecule is N#CCCCCc1ccc(Br)s1. The van der Waals surface area contributed by atoms with Gasteiger partial charge in [0.15, 0.2) is 0 Å². The standard InChI is InChI=1S/C9H10BrNS/c10-9-6-5-8(12-9)4-2-1-3-7-11/h5-6H,1-4H2. The highest BCUT2D eigenvalue weighted by molar-refractivity contribution is 9.11. The van der Waals surface area contributed by atoms with Gasteiger partial charge in [0.2, 0.25) is 0 Å². The van der Waals surface area contributed by atoms with Crippen LogP contribution in [0.4, 0.5) is 0 Å². The van der Waals surface area contributed by atoms with E-state index >= 15 is 0 Å². The minimum absolute atomic E-state index is 0.687. The van der Waals surface area contributed by atoms with Crippen molar-refractivity contribution in [2.75, 3.05) is 0 Å². The number of nitriles is 1. The van der Waals surface area contributed by atoms with Gasteiger partial charge in [0, 0.05) is 11.3 Å². The van der Waals surface area contributed by atoms with Crippen molar-refractivity contribution in [2.45, 2.75) is 25.7 Å². The first kappa shape index (κ1) is 9.76. The van der Waals surface area contributed by atoms with Gasteiger partial charge >= 0.3 is 0 Å². The molecule has 64 valence electrons. The lowest BCUT2D eigenvalue weighted by atomic mass is 10.2. The molecular formula is C9H10BrNS. The highest BCUT2D eigenvalue weighted by Gasteiger charge is 1.96. The largest absolute Gasteiger partial charge is 0.198 e. The maximum absolute atomic E-state index is 8.31. The van der Waals surface area contributed by atoms with Crippen molar-refractivity contribution in [3.63, 3.8) is 0 Å². The molecule has 1 aromatic heterocycles. The summed E-state index contributed by atoms with van der Waals surface area (Å²) in [5, 5.41) is 8.31. The number of thiophene rings is 1. The van der Waals surface area contributed by atoms with Gasteiger partial charge in [0.25, 0.3) is 0 Å². The Morgan fingerprint density at radius 2 is 2.25 bits per heavy atom. The Hall–Kier alpha value is -0.330. The summed E-state index contributed by atoms with van der Waals surface area (Å²) in [6.45, 7) is 0. The number of hydrogen-bond donors (Lipinski definition) is 0. The molecule has 1 aromatic rings. The fourth-order valence-corrected chi connectivity index (χ4v) is 2.51. The van der Waals surface area contributed by atoms with E-state index in [0.29, 0.717) is 6.42 Å². The maximum Gasteiger partial charge on any atom is 0.0701 e. The average molecular weight is 244 g/mol. The monoisotopic (exact) mass is 243 g/mol. The second-order valence-electron chi connectivity index (χ2n) is 2.57. The van der Waals surface area contributed by atoms with E-state index in [1.807, 2.05) is 0 Å². The summed E-state index contributed by atoms with van der Waals surface area (Å²) in [6, 6.07) is 6.37. The van der Waals surface area contributed by atoms with Crippen LogP contribution in [0.3, 0.4) is 0 Å². The fraction of sp³-hybridized carbons (Fsp3) is 0.444. The van der Waals surface area contributed by atoms with Crippen molar-refractivity contribution in [1.82, 2.24) is 0 Å². The molecule has 0 unspecified atom stereocenters. The topological polar surface area (TPSA) is 23.8 Å². The highest BCUT2D eigenvalue weighted by Crippen LogP contribution is 2.23. The van der Waals surface area contributed by atoms with Gasteiger partial charge in [-0.05, 0) is 47.3 Å². The van der Waals surface area contributed by atoms with Crippen LogP contribution in [-0.2, 0) is 6.42 Å². The summed E-state index contributed by atoms with van der Waals surface area (Å²) < 4.78 is 1.19. The van der Waals surface area contributed by atoms with Crippen LogP contribution in [0.15, 0.2) is 15.9 Å². The Kier molecular flexibility index (Phi) is 4.34. The van der Waals surface area contributed by atoms with Gasteiger partial charge in [-0.2, -0.15) is 5.26 Å². The first-order valence-corrected chi connectivity index (χ1v) is 5.55. The third-order valence-corrected chi connectivity index (χ3v) is 3.27. The zero-order chi connectivity index (χ0) is 8.81. The molecule has 0 saturated carbocycles. The van der Waals surface area contributed by atoms with E-state index in [0.717, 1.165) is 19.3 Å². The maximum atomic E-state index is 8.31. The quantitative estimate of drug-likeness (QED) is 0.740. The molecule has 1 rings (SSSR count). The van der Waals surface area contributed by atoms with Crippen LogP contribution in [0.25, 0.3) is 0 Å². The van der Waals surface area contributed by atoms with Crippen molar-refractivity contribution in [1.29, 1.82) is 5.26 Å². The van der Waals surface area contributed by atoms with Crippen molar-refractivity contribution < 1.29 is 0 Å². The number of rotatable bonds is 4. The zero-order valence-electron chi connectivity index (χ0n) is 6.72. The second kappa shape index (κ2) is 5.34. The lowest BCUT2D eigenvalue weighted by Gasteiger charge is -1.92. The summed E-state index contributed by atoms with van der Waals surface area (Å²) in [6.07, 6.45) is 3.94. The summed E-state index contributed by atoms with van der Waals surface area (Å²) in [7, 11) is 0. The number of unbranched alkanes of at least 4 members (excludes halogenated alkanes) is 2. The van der Waals surface area contributed by atoms with E-state index in [1.165, 1.54) is 8.66 Å². The van der Waals surface area contributed by atoms with Crippen LogP contribution in [0.5, 0.6) is 0 Å². The molecule has 0 bridgehead atoms. The second-order valence-corrected chi connectivity index (χ2v) is 5.12. The molecule has 1 heterocycles. The third kappa shape index (κ3) is 3.38. The van der Waals surface area contributed by atoms with Gasteiger partial charge in [-0.1, -0.05) is 0 Å². The molecule has 0 aliphatic carbocycles. The Morgan fingerprint density at radius 3 is 2.83 bits per heavy atom. The van der Waals surface area contributed by atoms with Gasteiger partial charge in [0.1, 0.15) is 0 Å². The van der Waals surface area contributed by atoms with Crippen molar-refractivity contribution in [3.8, 4) is 6.07 Å². The van der Waals surface area contributed by atoms with Crippen LogP contribution in [0.2, 0.25) is 0 Å². The van der Waals surface area contributed by atoms with Crippen LogP contribution < -0.4 is 0 Å². The summed E-state index contributed by atoms with van der Waals surface area (Å²) >= 11 is 5.20. The van der Waals surface area contributed by atoms with Crippen LogP contribution >= 0.6 is 27.3 Å². The Balaban J connectivity index is 2.21. The summed E-state index contributed by atoms with van der Waals surface area (Å²) in [4.78, 5) is 1.40. The molecule has 3 heteroatoms. The Morgan fingerprint density at radius 1 is 1.42 bits per heavy atom. The molecule has 12 heavy (non-hydrogen) atoms. The van der Waals surface area contributed by atoms with Crippen LogP contribution in [0, 0.1) is 11.3 Å². The molecule has 0 N–H and O–H groups in total. The van der Waals surface area contributed by atoms with Crippen molar-refractivity contribution in [2.24, 2.45) is 0 Å². The van der Waals surface area contributed by atoms with Gasteiger partial charge in [0.05, 0.1) is 9.86 Å². The lowest BCUT2D eigenvalue weighted by molar-refractivity contribution is 0.759. The van der Waals surface area contributed by atoms with Gasteiger partial charge in [-0.15, -0.1) is 11.3 Å². The van der Waals surface area contributed by atoms with Crippen LogP contribution in [0.1, 0.15) is 24.1 Å². The number of halogens is 1. The average Bonchev–Trinajstić information content (AvgIpc) is 2.45. The molecule has 0 amide bonds. The van der Waals surface area contributed by atoms with Gasteiger partial charge in [-0.3, -0.25) is 0 Å². The smallest absolute Gasteiger partial charge is 0.0701 e. The molecule has 1 nitrogen and oxygen atoms in total. The summed E-state index contributed by atoms with van der Waals surface area (Å²) in [5.41, 5.74) is 0. The van der Waals surface area contributed by atoms with E-state index in [1.54, 1.807) is 11.3 Å². The van der Waals surface area contributed by atoms with Gasteiger partial charge in [-0.25, -0.2) is 0 Å². The predicted octanol–water partition coefficient (Wildman–Crippen LogP) is 3.75. The molecule has 0 atom stereocenters. The zero-order valence-corrected chi connectivity index (χ0v) is 9.12. The van der Waals surface area contributed by atoms with E-state index in [-0.39, 0.29) is 0 Å². The number of aryl methyl sites for hydroxylation is 1. The Bertz CT molecular complexity index is 274. The highest BCUT2D eigenvalue weighted by atomic mass is 79.9. The molecule has 0 radical (unpaired) electrons. The van der Waals surface area contributed by atoms with Crippen molar-refractivity contribution in [3.05, 3.63) is 20.8 Å². The fourth-order valence-electron chi connectivity index (χ4n) is 0.989. The van der Waals surface area contributed by atoms with Gasteiger partial charge < -0.3 is 0 Å². The summed E-state index contributed by atoms with van der Waals surface area (Å²) in [5.74, 6) is 0. The van der Waals surface area contributed by atoms with E-state index in [2.05, 4.69) is 34.1 Å². The molecule has 0 aliphatic rings. The van der Waals surface area contributed by atoms with Crippen molar-refractivity contribution >= 4 is 27.3 Å². The molecule has 0 aromatic carbocycles. The first-order chi connectivity index (χ1) is 5.83. The lowest BCUT2D eigenvalue weighted by Crippen LogP contribution is -1.79. The first-order valence-electron chi connectivity index (χ1n) is 3.94. The van der Waals surface area contributed by atoms with E-state index in [9.17, 15) is 0 Å².